The molecule has 0 heterocycles. The first-order valence-corrected chi connectivity index (χ1v) is 5.66. The maximum absolute atomic E-state index is 9.67. The minimum absolute atomic E-state index is 0.0965. The molecule has 0 aromatic heterocycles. The van der Waals surface area contributed by atoms with E-state index in [1.54, 1.807) is 13.8 Å². The van der Waals surface area contributed by atoms with E-state index in [1.165, 1.54) is 0 Å². The predicted molar refractivity (Wildman–Crippen MR) is 65.1 cm³/mol. The van der Waals surface area contributed by atoms with Crippen LogP contribution in [0.4, 0.5) is 0 Å². The lowest BCUT2D eigenvalue weighted by Gasteiger charge is -2.16. The summed E-state index contributed by atoms with van der Waals surface area (Å²) in [5.74, 6) is 0. The Morgan fingerprint density at radius 3 is 2.06 bits per heavy atom. The zero-order valence-corrected chi connectivity index (χ0v) is 10.1. The zero-order valence-electron chi connectivity index (χ0n) is 10.1. The molecule has 0 radical (unpaired) electrons. The summed E-state index contributed by atoms with van der Waals surface area (Å²) in [4.78, 5) is 0. The Labute approximate surface area is 96.9 Å². The van der Waals surface area contributed by atoms with Crippen molar-refractivity contribution in [3.63, 3.8) is 0 Å². The van der Waals surface area contributed by atoms with E-state index in [0.717, 1.165) is 23.1 Å². The SMILES string of the molecule is CC(N)Cc1ccc(C(C)O)c(C(C)O)c1. The van der Waals surface area contributed by atoms with Crippen molar-refractivity contribution in [3.05, 3.63) is 34.9 Å². The Kier molecular flexibility index (Phi) is 4.47. The molecule has 4 N–H and O–H groups in total. The van der Waals surface area contributed by atoms with E-state index in [0.29, 0.717) is 0 Å². The number of hydrogen-bond acceptors (Lipinski definition) is 3. The third-order valence-electron chi connectivity index (χ3n) is 2.61. The molecule has 0 aliphatic rings. The highest BCUT2D eigenvalue weighted by Gasteiger charge is 2.13. The van der Waals surface area contributed by atoms with Gasteiger partial charge in [-0.05, 0) is 43.9 Å². The summed E-state index contributed by atoms with van der Waals surface area (Å²) in [7, 11) is 0. The highest BCUT2D eigenvalue weighted by atomic mass is 16.3. The molecule has 0 bridgehead atoms. The average Bonchev–Trinajstić information content (AvgIpc) is 2.16. The second kappa shape index (κ2) is 5.43. The summed E-state index contributed by atoms with van der Waals surface area (Å²) < 4.78 is 0. The number of nitrogens with two attached hydrogens (primary N) is 1. The summed E-state index contributed by atoms with van der Waals surface area (Å²) in [5.41, 5.74) is 8.40. The zero-order chi connectivity index (χ0) is 12.3. The Bertz CT molecular complexity index is 346. The summed E-state index contributed by atoms with van der Waals surface area (Å²) in [6, 6.07) is 5.84. The van der Waals surface area contributed by atoms with Gasteiger partial charge >= 0.3 is 0 Å². The van der Waals surface area contributed by atoms with Gasteiger partial charge in [0.1, 0.15) is 0 Å². The van der Waals surface area contributed by atoms with Crippen molar-refractivity contribution in [2.45, 2.75) is 45.4 Å². The summed E-state index contributed by atoms with van der Waals surface area (Å²) >= 11 is 0. The van der Waals surface area contributed by atoms with Gasteiger partial charge in [-0.2, -0.15) is 0 Å². The predicted octanol–water partition coefficient (Wildman–Crippen LogP) is 1.68. The molecule has 1 aromatic rings. The van der Waals surface area contributed by atoms with Gasteiger partial charge in [-0.1, -0.05) is 18.2 Å². The number of benzene rings is 1. The third-order valence-corrected chi connectivity index (χ3v) is 2.61. The van der Waals surface area contributed by atoms with Crippen LogP contribution in [0, 0.1) is 0 Å². The molecule has 3 atom stereocenters. The van der Waals surface area contributed by atoms with Crippen LogP contribution in [0.2, 0.25) is 0 Å². The van der Waals surface area contributed by atoms with Crippen LogP contribution in [0.5, 0.6) is 0 Å². The summed E-state index contributed by atoms with van der Waals surface area (Å²) in [6.07, 6.45) is -0.355. The van der Waals surface area contributed by atoms with Gasteiger partial charge in [0, 0.05) is 6.04 Å². The van der Waals surface area contributed by atoms with Crippen molar-refractivity contribution in [2.75, 3.05) is 0 Å². The minimum Gasteiger partial charge on any atom is -0.389 e. The van der Waals surface area contributed by atoms with Crippen LogP contribution in [0.3, 0.4) is 0 Å². The van der Waals surface area contributed by atoms with Crippen LogP contribution in [-0.4, -0.2) is 16.3 Å². The quantitative estimate of drug-likeness (QED) is 0.727. The fourth-order valence-corrected chi connectivity index (χ4v) is 1.87. The Balaban J connectivity index is 3.07. The van der Waals surface area contributed by atoms with Crippen LogP contribution in [0.15, 0.2) is 18.2 Å². The molecule has 90 valence electrons. The standard InChI is InChI=1S/C13H21NO2/c1-8(14)6-11-4-5-12(9(2)15)13(7-11)10(3)16/h4-5,7-10,15-16H,6,14H2,1-3H3. The van der Waals surface area contributed by atoms with Crippen LogP contribution in [0.1, 0.15) is 49.7 Å². The van der Waals surface area contributed by atoms with Gasteiger partial charge in [0.2, 0.25) is 0 Å². The van der Waals surface area contributed by atoms with Crippen molar-refractivity contribution in [1.82, 2.24) is 0 Å². The Hall–Kier alpha value is -0.900. The molecule has 0 fully saturated rings. The third kappa shape index (κ3) is 3.30. The highest BCUT2D eigenvalue weighted by molar-refractivity contribution is 5.35. The Morgan fingerprint density at radius 1 is 1.06 bits per heavy atom. The highest BCUT2D eigenvalue weighted by Crippen LogP contribution is 2.25. The average molecular weight is 223 g/mol. The largest absolute Gasteiger partial charge is 0.389 e. The van der Waals surface area contributed by atoms with Gasteiger partial charge in [0.25, 0.3) is 0 Å². The van der Waals surface area contributed by atoms with Crippen LogP contribution >= 0.6 is 0 Å². The lowest BCUT2D eigenvalue weighted by Crippen LogP contribution is -2.18. The molecule has 0 saturated heterocycles. The number of aliphatic hydroxyl groups is 2. The smallest absolute Gasteiger partial charge is 0.0765 e. The van der Waals surface area contributed by atoms with E-state index < -0.39 is 12.2 Å². The minimum atomic E-state index is -0.572. The fraction of sp³-hybridized carbons (Fsp3) is 0.538. The molecule has 3 unspecified atom stereocenters. The molecule has 0 saturated carbocycles. The van der Waals surface area contributed by atoms with E-state index in [-0.39, 0.29) is 6.04 Å². The van der Waals surface area contributed by atoms with E-state index in [2.05, 4.69) is 0 Å². The van der Waals surface area contributed by atoms with Crippen molar-refractivity contribution < 1.29 is 10.2 Å². The number of rotatable bonds is 4. The Morgan fingerprint density at radius 2 is 1.62 bits per heavy atom. The lowest BCUT2D eigenvalue weighted by molar-refractivity contribution is 0.175. The molecule has 0 spiro atoms. The van der Waals surface area contributed by atoms with E-state index in [4.69, 9.17) is 5.73 Å². The fourth-order valence-electron chi connectivity index (χ4n) is 1.87. The first-order chi connectivity index (χ1) is 7.41. The molecular formula is C13H21NO2. The molecule has 0 amide bonds. The second-order valence-electron chi connectivity index (χ2n) is 4.50. The van der Waals surface area contributed by atoms with Gasteiger partial charge in [-0.3, -0.25) is 0 Å². The molecule has 16 heavy (non-hydrogen) atoms. The van der Waals surface area contributed by atoms with E-state index >= 15 is 0 Å². The number of aliphatic hydroxyl groups excluding tert-OH is 2. The van der Waals surface area contributed by atoms with Crippen molar-refractivity contribution in [3.8, 4) is 0 Å². The maximum Gasteiger partial charge on any atom is 0.0765 e. The molecule has 0 aliphatic heterocycles. The van der Waals surface area contributed by atoms with E-state index in [9.17, 15) is 10.2 Å². The normalized spacial score (nSPS) is 16.9. The molecule has 3 nitrogen and oxygen atoms in total. The van der Waals surface area contributed by atoms with Crippen LogP contribution in [0.25, 0.3) is 0 Å². The van der Waals surface area contributed by atoms with Gasteiger partial charge in [0.05, 0.1) is 12.2 Å². The van der Waals surface area contributed by atoms with Gasteiger partial charge in [-0.15, -0.1) is 0 Å². The molecule has 1 aromatic carbocycles. The molecule has 1 rings (SSSR count). The lowest BCUT2D eigenvalue weighted by atomic mass is 9.95. The van der Waals surface area contributed by atoms with Crippen molar-refractivity contribution in [2.24, 2.45) is 5.73 Å². The first-order valence-electron chi connectivity index (χ1n) is 5.66. The van der Waals surface area contributed by atoms with Crippen molar-refractivity contribution in [1.29, 1.82) is 0 Å². The van der Waals surface area contributed by atoms with E-state index in [1.807, 2.05) is 25.1 Å². The van der Waals surface area contributed by atoms with Gasteiger partial charge in [-0.25, -0.2) is 0 Å². The van der Waals surface area contributed by atoms with Crippen LogP contribution < -0.4 is 5.73 Å². The monoisotopic (exact) mass is 223 g/mol. The molecule has 3 heteroatoms. The topological polar surface area (TPSA) is 66.5 Å². The van der Waals surface area contributed by atoms with Crippen molar-refractivity contribution >= 4 is 0 Å². The molecular weight excluding hydrogens is 202 g/mol. The van der Waals surface area contributed by atoms with Crippen LogP contribution in [-0.2, 0) is 6.42 Å². The summed E-state index contributed by atoms with van der Waals surface area (Å²) in [6.45, 7) is 5.36. The second-order valence-corrected chi connectivity index (χ2v) is 4.50. The first kappa shape index (κ1) is 13.2. The maximum atomic E-state index is 9.67. The van der Waals surface area contributed by atoms with Gasteiger partial charge < -0.3 is 15.9 Å². The van der Waals surface area contributed by atoms with Gasteiger partial charge in [0.15, 0.2) is 0 Å². The number of hydrogen-bond donors (Lipinski definition) is 3. The molecule has 0 aliphatic carbocycles. The summed E-state index contributed by atoms with van der Waals surface area (Å²) in [5, 5.41) is 19.3.